The van der Waals surface area contributed by atoms with E-state index in [2.05, 4.69) is 73.4 Å². The van der Waals surface area contributed by atoms with Gasteiger partial charge in [0.25, 0.3) is 0 Å². The van der Waals surface area contributed by atoms with Gasteiger partial charge in [-0.25, -0.2) is 18.4 Å². The number of benzene rings is 4. The summed E-state index contributed by atoms with van der Waals surface area (Å²) in [5, 5.41) is 6.73. The molecule has 0 aliphatic heterocycles. The molecule has 10 nitrogen and oxygen atoms in total. The lowest BCUT2D eigenvalue weighted by Gasteiger charge is -2.15. The molecule has 0 aliphatic carbocycles. The molecule has 6 aromatic rings. The zero-order valence-electron chi connectivity index (χ0n) is 26.9. The van der Waals surface area contributed by atoms with Crippen LogP contribution < -0.4 is 21.1 Å². The molecular formula is C37H38N8O2S. The molecule has 11 heteroatoms. The monoisotopic (exact) mass is 658 g/mol. The first-order valence-corrected chi connectivity index (χ1v) is 17.2. The van der Waals surface area contributed by atoms with Gasteiger partial charge in [0.2, 0.25) is 10.0 Å². The van der Waals surface area contributed by atoms with Gasteiger partial charge in [-0.2, -0.15) is 0 Å². The maximum atomic E-state index is 11.3. The second-order valence-electron chi connectivity index (χ2n) is 11.2. The van der Waals surface area contributed by atoms with E-state index in [1.54, 1.807) is 36.9 Å². The molecule has 48 heavy (non-hydrogen) atoms. The molecule has 0 radical (unpaired) electrons. The van der Waals surface area contributed by atoms with Crippen molar-refractivity contribution in [2.75, 3.05) is 27.3 Å². The molecule has 4 aromatic carbocycles. The number of aromatic nitrogens is 4. The summed E-state index contributed by atoms with van der Waals surface area (Å²) in [4.78, 5) is 17.8. The highest BCUT2D eigenvalue weighted by Gasteiger charge is 2.09. The molecule has 0 saturated heterocycles. The lowest BCUT2D eigenvalue weighted by atomic mass is 10.1. The fourth-order valence-corrected chi connectivity index (χ4v) is 5.38. The first-order chi connectivity index (χ1) is 23.1. The highest BCUT2D eigenvalue weighted by Crippen LogP contribution is 2.24. The summed E-state index contributed by atoms with van der Waals surface area (Å²) in [5.41, 5.74) is 12.7. The molecule has 5 N–H and O–H groups in total. The van der Waals surface area contributed by atoms with Crippen LogP contribution in [0.1, 0.15) is 37.1 Å². The predicted molar refractivity (Wildman–Crippen MR) is 195 cm³/mol. The van der Waals surface area contributed by atoms with Crippen molar-refractivity contribution in [2.24, 2.45) is 0 Å². The molecule has 0 amide bonds. The molecule has 0 fully saturated rings. The lowest BCUT2D eigenvalue weighted by molar-refractivity contribution is 0.607. The summed E-state index contributed by atoms with van der Waals surface area (Å²) < 4.78 is 25.0. The Labute approximate surface area is 281 Å². The van der Waals surface area contributed by atoms with Crippen LogP contribution >= 0.6 is 0 Å². The average molecular weight is 659 g/mol. The van der Waals surface area contributed by atoms with Crippen LogP contribution in [-0.2, 0) is 10.0 Å². The molecule has 6 rings (SSSR count). The number of nitrogens with zero attached hydrogens (tertiary/aromatic N) is 4. The Balaban J connectivity index is 0.000000190. The van der Waals surface area contributed by atoms with Crippen LogP contribution in [0, 0.1) is 0 Å². The first-order valence-electron chi connectivity index (χ1n) is 15.3. The molecule has 244 valence electrons. The topological polar surface area (TPSA) is 148 Å². The van der Waals surface area contributed by atoms with E-state index in [4.69, 9.17) is 5.73 Å². The Morgan fingerprint density at radius 2 is 1.00 bits per heavy atom. The molecule has 0 aliphatic rings. The van der Waals surface area contributed by atoms with Gasteiger partial charge in [-0.15, -0.1) is 0 Å². The largest absolute Gasteiger partial charge is 0.399 e. The number of sulfonamides is 1. The molecule has 0 spiro atoms. The summed E-state index contributed by atoms with van der Waals surface area (Å²) in [7, 11) is -3.29. The van der Waals surface area contributed by atoms with E-state index in [1.165, 1.54) is 5.56 Å². The van der Waals surface area contributed by atoms with E-state index in [1.807, 2.05) is 72.8 Å². The molecule has 0 saturated carbocycles. The number of rotatable bonds is 10. The van der Waals surface area contributed by atoms with Gasteiger partial charge < -0.3 is 16.4 Å². The molecule has 2 aromatic heterocycles. The van der Waals surface area contributed by atoms with E-state index >= 15 is 0 Å². The van der Waals surface area contributed by atoms with Gasteiger partial charge in [-0.3, -0.25) is 14.7 Å². The van der Waals surface area contributed by atoms with Crippen LogP contribution in [0.4, 0.5) is 23.0 Å². The van der Waals surface area contributed by atoms with E-state index in [0.29, 0.717) is 17.2 Å². The molecule has 0 bridgehead atoms. The number of nitrogens with one attached hydrogen (secondary N) is 3. The third kappa shape index (κ3) is 9.84. The summed E-state index contributed by atoms with van der Waals surface area (Å²) >= 11 is 0. The SMILES string of the molecule is C[C@H](Nc1cncc(-c2ccc(N)cc2)n1)c1ccccc1.C[C@H](Nc1cncc(-c2ccc(NS(C)(=O)=O)cc2)n1)c1ccccc1. The molecule has 2 heterocycles. The highest BCUT2D eigenvalue weighted by molar-refractivity contribution is 7.92. The van der Waals surface area contributed by atoms with Gasteiger partial charge in [0.05, 0.1) is 42.4 Å². The fraction of sp³-hybridized carbons (Fsp3) is 0.135. The van der Waals surface area contributed by atoms with Crippen molar-refractivity contribution in [3.05, 3.63) is 145 Å². The number of nitrogen functional groups attached to an aromatic ring is 1. The predicted octanol–water partition coefficient (Wildman–Crippen LogP) is 7.59. The second-order valence-corrected chi connectivity index (χ2v) is 13.0. The summed E-state index contributed by atoms with van der Waals surface area (Å²) in [6.07, 6.45) is 7.97. The maximum Gasteiger partial charge on any atom is 0.229 e. The minimum atomic E-state index is -3.29. The standard InChI is InChI=1S/C19H20N4O2S.C18H18N4/c1-14(15-6-4-3-5-7-15)21-19-13-20-12-18(22-19)16-8-10-17(11-9-16)23-26(2,24)25;1-13(14-5-3-2-4-6-14)21-18-12-20-11-17(22-18)15-7-9-16(19)10-8-15/h3-14,23H,1-2H3,(H,21,22);2-13H,19H2,1H3,(H,21,22)/t14-;13-/m00/s1. The first kappa shape index (κ1) is 33.6. The quantitative estimate of drug-likeness (QED) is 0.109. The summed E-state index contributed by atoms with van der Waals surface area (Å²) in [6, 6.07) is 35.3. The zero-order chi connectivity index (χ0) is 33.9. The van der Waals surface area contributed by atoms with Crippen LogP contribution in [-0.4, -0.2) is 34.6 Å². The Kier molecular flexibility index (Phi) is 10.9. The molecular weight excluding hydrogens is 621 g/mol. The minimum absolute atomic E-state index is 0.0992. The van der Waals surface area contributed by atoms with Crippen molar-refractivity contribution in [3.8, 4) is 22.5 Å². The van der Waals surface area contributed by atoms with E-state index in [-0.39, 0.29) is 12.1 Å². The Hall–Kier alpha value is -5.81. The van der Waals surface area contributed by atoms with E-state index in [9.17, 15) is 8.42 Å². The van der Waals surface area contributed by atoms with Gasteiger partial charge in [-0.05, 0) is 49.2 Å². The lowest BCUT2D eigenvalue weighted by Crippen LogP contribution is -2.09. The summed E-state index contributed by atoms with van der Waals surface area (Å²) in [5.74, 6) is 1.43. The molecule has 2 atom stereocenters. The normalized spacial score (nSPS) is 12.1. The van der Waals surface area contributed by atoms with Crippen LogP contribution in [0.15, 0.2) is 134 Å². The smallest absolute Gasteiger partial charge is 0.229 e. The van der Waals surface area contributed by atoms with Gasteiger partial charge in [-0.1, -0.05) is 84.9 Å². The van der Waals surface area contributed by atoms with Gasteiger partial charge >= 0.3 is 0 Å². The number of anilines is 4. The minimum Gasteiger partial charge on any atom is -0.399 e. The average Bonchev–Trinajstić information content (AvgIpc) is 3.09. The van der Waals surface area contributed by atoms with Crippen molar-refractivity contribution >= 4 is 33.0 Å². The van der Waals surface area contributed by atoms with Crippen LogP contribution in [0.25, 0.3) is 22.5 Å². The van der Waals surface area contributed by atoms with Crippen molar-refractivity contribution in [1.82, 2.24) is 19.9 Å². The fourth-order valence-electron chi connectivity index (χ4n) is 4.82. The number of hydrogen-bond acceptors (Lipinski definition) is 9. The third-order valence-corrected chi connectivity index (χ3v) is 7.89. The maximum absolute atomic E-state index is 11.3. The van der Waals surface area contributed by atoms with Gasteiger partial charge in [0.15, 0.2) is 0 Å². The second kappa shape index (κ2) is 15.7. The van der Waals surface area contributed by atoms with E-state index in [0.717, 1.165) is 40.1 Å². The van der Waals surface area contributed by atoms with Crippen LogP contribution in [0.2, 0.25) is 0 Å². The Morgan fingerprint density at radius 3 is 1.42 bits per heavy atom. The Morgan fingerprint density at radius 1 is 0.583 bits per heavy atom. The van der Waals surface area contributed by atoms with Crippen LogP contribution in [0.5, 0.6) is 0 Å². The Bertz CT molecular complexity index is 2010. The third-order valence-electron chi connectivity index (χ3n) is 7.29. The summed E-state index contributed by atoms with van der Waals surface area (Å²) in [6.45, 7) is 4.17. The van der Waals surface area contributed by atoms with Gasteiger partial charge in [0.1, 0.15) is 11.6 Å². The number of hydrogen-bond donors (Lipinski definition) is 4. The van der Waals surface area contributed by atoms with E-state index < -0.39 is 10.0 Å². The number of nitrogens with two attached hydrogens (primary N) is 1. The van der Waals surface area contributed by atoms with Gasteiger partial charge in [0, 0.05) is 34.6 Å². The molecule has 0 unspecified atom stereocenters. The zero-order valence-corrected chi connectivity index (χ0v) is 27.8. The van der Waals surface area contributed by atoms with Crippen LogP contribution in [0.3, 0.4) is 0 Å². The van der Waals surface area contributed by atoms with Crippen molar-refractivity contribution < 1.29 is 8.42 Å². The van der Waals surface area contributed by atoms with Crippen molar-refractivity contribution in [1.29, 1.82) is 0 Å². The van der Waals surface area contributed by atoms with Crippen molar-refractivity contribution in [3.63, 3.8) is 0 Å². The van der Waals surface area contributed by atoms with Crippen molar-refractivity contribution in [2.45, 2.75) is 25.9 Å². The highest BCUT2D eigenvalue weighted by atomic mass is 32.2.